The second kappa shape index (κ2) is 8.41. The van der Waals surface area contributed by atoms with Crippen LogP contribution in [0.2, 0.25) is 0 Å². The van der Waals surface area contributed by atoms with Crippen molar-refractivity contribution in [1.82, 2.24) is 0 Å². The number of hydrogen-bond acceptors (Lipinski definition) is 4. The molecule has 0 fully saturated rings. The molecule has 1 N–H and O–H groups in total. The number of benzene rings is 3. The fraction of sp³-hybridized carbons (Fsp3) is 0.200. The van der Waals surface area contributed by atoms with Gasteiger partial charge in [0.2, 0.25) is 0 Å². The topological polar surface area (TPSA) is 58.9 Å². The Morgan fingerprint density at radius 2 is 1.38 bits per heavy atom. The van der Waals surface area contributed by atoms with Gasteiger partial charge in [0.05, 0.1) is 18.9 Å². The minimum atomic E-state index is -0.974. The number of esters is 1. The molecule has 2 atom stereocenters. The average molecular weight is 385 g/mol. The number of nitrogens with zero attached hydrogens (tertiary/aromatic N) is 1. The van der Waals surface area contributed by atoms with Crippen LogP contribution in [0.25, 0.3) is 11.1 Å². The molecule has 0 aromatic heterocycles. The van der Waals surface area contributed by atoms with Gasteiger partial charge >= 0.3 is 5.97 Å². The van der Waals surface area contributed by atoms with Crippen molar-refractivity contribution in [2.45, 2.75) is 25.0 Å². The van der Waals surface area contributed by atoms with Crippen molar-refractivity contribution in [3.8, 4) is 11.1 Å². The quantitative estimate of drug-likeness (QED) is 0.510. The molecular weight excluding hydrogens is 362 g/mol. The first-order chi connectivity index (χ1) is 14.2. The van der Waals surface area contributed by atoms with E-state index in [1.807, 2.05) is 66.7 Å². The van der Waals surface area contributed by atoms with Crippen LogP contribution in [0, 0.1) is 0 Å². The summed E-state index contributed by atoms with van der Waals surface area (Å²) in [4.78, 5) is 17.2. The molecule has 0 spiro atoms. The summed E-state index contributed by atoms with van der Waals surface area (Å²) in [5.41, 5.74) is 5.95. The molecule has 3 aromatic rings. The van der Waals surface area contributed by atoms with Crippen molar-refractivity contribution in [2.75, 3.05) is 7.11 Å². The fourth-order valence-corrected chi connectivity index (χ4v) is 3.81. The number of hydrogen-bond donors (Lipinski definition) is 1. The summed E-state index contributed by atoms with van der Waals surface area (Å²) in [6, 6.07) is 24.9. The Kier molecular flexibility index (Phi) is 5.54. The van der Waals surface area contributed by atoms with E-state index in [1.165, 1.54) is 7.11 Å². The summed E-state index contributed by atoms with van der Waals surface area (Å²) < 4.78 is 4.97. The summed E-state index contributed by atoms with van der Waals surface area (Å²) in [5.74, 6) is -0.528. The first kappa shape index (κ1) is 19.1. The van der Waals surface area contributed by atoms with Gasteiger partial charge in [-0.05, 0) is 29.5 Å². The molecule has 29 heavy (non-hydrogen) atoms. The Hall–Kier alpha value is -3.24. The van der Waals surface area contributed by atoms with Gasteiger partial charge in [-0.2, -0.15) is 0 Å². The van der Waals surface area contributed by atoms with Gasteiger partial charge in [0.1, 0.15) is 0 Å². The molecule has 0 amide bonds. The molecule has 4 heteroatoms. The van der Waals surface area contributed by atoms with E-state index < -0.39 is 18.1 Å². The fourth-order valence-electron chi connectivity index (χ4n) is 3.81. The monoisotopic (exact) mass is 385 g/mol. The molecule has 1 aliphatic carbocycles. The summed E-state index contributed by atoms with van der Waals surface area (Å²) in [6.45, 7) is 0. The third-order valence-corrected chi connectivity index (χ3v) is 5.30. The Balaban J connectivity index is 1.67. The van der Waals surface area contributed by atoms with E-state index in [0.717, 1.165) is 33.5 Å². The SMILES string of the molecule is COC(=O)C(N=C1c2ccccc2-c2ccccc21)C(O)CCc1ccccc1. The molecule has 0 heterocycles. The smallest absolute Gasteiger partial charge is 0.333 e. The molecule has 0 radical (unpaired) electrons. The third-order valence-electron chi connectivity index (χ3n) is 5.30. The highest BCUT2D eigenvalue weighted by molar-refractivity contribution is 6.24. The zero-order valence-electron chi connectivity index (χ0n) is 16.3. The van der Waals surface area contributed by atoms with Crippen LogP contribution in [-0.4, -0.2) is 36.0 Å². The third kappa shape index (κ3) is 3.84. The lowest BCUT2D eigenvalue weighted by Gasteiger charge is -2.18. The number of ether oxygens (including phenoxy) is 1. The number of aryl methyl sites for hydroxylation is 1. The Morgan fingerprint density at radius 3 is 1.93 bits per heavy atom. The number of rotatable bonds is 6. The van der Waals surface area contributed by atoms with Gasteiger partial charge in [-0.25, -0.2) is 4.79 Å². The van der Waals surface area contributed by atoms with E-state index in [9.17, 15) is 9.90 Å². The number of fused-ring (bicyclic) bond motifs is 3. The largest absolute Gasteiger partial charge is 0.467 e. The summed E-state index contributed by atoms with van der Waals surface area (Å²) in [6.07, 6.45) is 0.146. The predicted octanol–water partition coefficient (Wildman–Crippen LogP) is 4.04. The summed E-state index contributed by atoms with van der Waals surface area (Å²) in [7, 11) is 1.33. The number of aliphatic imine (C=N–C) groups is 1. The molecule has 0 saturated carbocycles. The highest BCUT2D eigenvalue weighted by Crippen LogP contribution is 2.37. The zero-order valence-corrected chi connectivity index (χ0v) is 16.3. The maximum absolute atomic E-state index is 12.5. The number of aliphatic hydroxyl groups is 1. The Bertz CT molecular complexity index is 995. The highest BCUT2D eigenvalue weighted by Gasteiger charge is 2.31. The van der Waals surface area contributed by atoms with Crippen LogP contribution in [0.4, 0.5) is 0 Å². The maximum Gasteiger partial charge on any atom is 0.333 e. The van der Waals surface area contributed by atoms with Crippen LogP contribution in [0.5, 0.6) is 0 Å². The number of carbonyl (C=O) groups is 1. The number of methoxy groups -OCH3 is 1. The molecule has 1 aliphatic rings. The number of aliphatic hydroxyl groups excluding tert-OH is 1. The van der Waals surface area contributed by atoms with Crippen LogP contribution in [-0.2, 0) is 16.0 Å². The van der Waals surface area contributed by atoms with Crippen LogP contribution >= 0.6 is 0 Å². The van der Waals surface area contributed by atoms with Crippen molar-refractivity contribution in [2.24, 2.45) is 4.99 Å². The Morgan fingerprint density at radius 1 is 0.862 bits per heavy atom. The second-order valence-electron chi connectivity index (χ2n) is 7.13. The first-order valence-corrected chi connectivity index (χ1v) is 9.76. The van der Waals surface area contributed by atoms with Gasteiger partial charge in [-0.3, -0.25) is 4.99 Å². The van der Waals surface area contributed by atoms with Crippen molar-refractivity contribution >= 4 is 11.7 Å². The molecule has 0 aliphatic heterocycles. The number of carbonyl (C=O) groups excluding carboxylic acids is 1. The van der Waals surface area contributed by atoms with Crippen molar-refractivity contribution in [3.63, 3.8) is 0 Å². The van der Waals surface area contributed by atoms with Crippen LogP contribution in [0.3, 0.4) is 0 Å². The standard InChI is InChI=1S/C25H23NO3/c1-29-25(28)24(22(27)16-15-17-9-3-2-4-10-17)26-23-20-13-7-5-11-18(20)19-12-6-8-14-21(19)23/h2-14,22,24,27H,15-16H2,1H3. The Labute approximate surface area is 170 Å². The van der Waals surface area contributed by atoms with E-state index in [0.29, 0.717) is 12.8 Å². The van der Waals surface area contributed by atoms with Crippen LogP contribution in [0.1, 0.15) is 23.1 Å². The van der Waals surface area contributed by atoms with Crippen LogP contribution in [0.15, 0.2) is 83.9 Å². The van der Waals surface area contributed by atoms with Gasteiger partial charge in [-0.15, -0.1) is 0 Å². The molecule has 4 nitrogen and oxygen atoms in total. The van der Waals surface area contributed by atoms with E-state index >= 15 is 0 Å². The molecule has 4 rings (SSSR count). The van der Waals surface area contributed by atoms with Gasteiger partial charge < -0.3 is 9.84 Å². The maximum atomic E-state index is 12.5. The van der Waals surface area contributed by atoms with E-state index in [4.69, 9.17) is 9.73 Å². The van der Waals surface area contributed by atoms with Crippen molar-refractivity contribution in [3.05, 3.63) is 95.6 Å². The van der Waals surface area contributed by atoms with Gasteiger partial charge in [0.25, 0.3) is 0 Å². The van der Waals surface area contributed by atoms with E-state index in [2.05, 4.69) is 12.1 Å². The minimum Gasteiger partial charge on any atom is -0.467 e. The lowest BCUT2D eigenvalue weighted by atomic mass is 10.0. The van der Waals surface area contributed by atoms with Gasteiger partial charge in [0.15, 0.2) is 6.04 Å². The molecular formula is C25H23NO3. The predicted molar refractivity (Wildman–Crippen MR) is 114 cm³/mol. The molecule has 0 bridgehead atoms. The second-order valence-corrected chi connectivity index (χ2v) is 7.13. The average Bonchev–Trinajstić information content (AvgIpc) is 3.10. The van der Waals surface area contributed by atoms with Crippen molar-refractivity contribution in [1.29, 1.82) is 0 Å². The summed E-state index contributed by atoms with van der Waals surface area (Å²) >= 11 is 0. The van der Waals surface area contributed by atoms with E-state index in [1.54, 1.807) is 0 Å². The van der Waals surface area contributed by atoms with Crippen LogP contribution < -0.4 is 0 Å². The van der Waals surface area contributed by atoms with Gasteiger partial charge in [0, 0.05) is 11.1 Å². The molecule has 2 unspecified atom stereocenters. The lowest BCUT2D eigenvalue weighted by Crippen LogP contribution is -2.35. The minimum absolute atomic E-state index is 0.420. The molecule has 146 valence electrons. The van der Waals surface area contributed by atoms with Gasteiger partial charge in [-0.1, -0.05) is 78.9 Å². The zero-order chi connectivity index (χ0) is 20.2. The highest BCUT2D eigenvalue weighted by atomic mass is 16.5. The first-order valence-electron chi connectivity index (χ1n) is 9.76. The molecule has 0 saturated heterocycles. The van der Waals surface area contributed by atoms with Crippen molar-refractivity contribution < 1.29 is 14.6 Å². The normalized spacial score (nSPS) is 13.9. The summed E-state index contributed by atoms with van der Waals surface area (Å²) in [5, 5.41) is 10.8. The molecule has 3 aromatic carbocycles. The lowest BCUT2D eigenvalue weighted by molar-refractivity contribution is -0.144. The van der Waals surface area contributed by atoms with E-state index in [-0.39, 0.29) is 0 Å².